The fourth-order valence-corrected chi connectivity index (χ4v) is 3.51. The molecule has 0 amide bonds. The maximum atomic E-state index is 10.3. The predicted octanol–water partition coefficient (Wildman–Crippen LogP) is -3.11. The summed E-state index contributed by atoms with van der Waals surface area (Å²) in [6.45, 7) is -1.14. The number of rotatable bonds is 7. The molecule has 178 valence electrons. The highest BCUT2D eigenvalue weighted by Gasteiger charge is 2.48. The monoisotopic (exact) mass is 457 g/mol. The molecule has 2 heterocycles. The lowest BCUT2D eigenvalue weighted by molar-refractivity contribution is -0.334. The van der Waals surface area contributed by atoms with Crippen molar-refractivity contribution >= 4 is 0 Å². The molecule has 2 aliphatic heterocycles. The summed E-state index contributed by atoms with van der Waals surface area (Å²) in [6.07, 6.45) is -16.5. The quantitative estimate of drug-likeness (QED) is 0.218. The third kappa shape index (κ3) is 5.25. The molecule has 11 atom stereocenters. The van der Waals surface area contributed by atoms with E-state index >= 15 is 0 Å². The summed E-state index contributed by atoms with van der Waals surface area (Å²) in [6, 6.07) is 10.3. The van der Waals surface area contributed by atoms with Gasteiger partial charge in [0.05, 0.1) is 19.3 Å². The summed E-state index contributed by atoms with van der Waals surface area (Å²) in [5.74, 6) is 0. The van der Waals surface area contributed by atoms with Gasteiger partial charge in [0, 0.05) is 0 Å². The number of nitrogens with zero attached hydrogens (tertiary/aromatic N) is 1. The van der Waals surface area contributed by atoms with Crippen molar-refractivity contribution in [2.75, 3.05) is 13.2 Å². The Morgan fingerprint density at radius 3 is 1.97 bits per heavy atom. The van der Waals surface area contributed by atoms with Gasteiger partial charge in [0.15, 0.2) is 18.7 Å². The van der Waals surface area contributed by atoms with Crippen molar-refractivity contribution in [3.8, 4) is 6.07 Å². The Labute approximate surface area is 183 Å². The van der Waals surface area contributed by atoms with Crippen LogP contribution >= 0.6 is 0 Å². The summed E-state index contributed by atoms with van der Waals surface area (Å²) in [7, 11) is 0. The van der Waals surface area contributed by atoms with Crippen molar-refractivity contribution in [2.24, 2.45) is 0 Å². The molecule has 3 rings (SSSR count). The van der Waals surface area contributed by atoms with Gasteiger partial charge in [0.25, 0.3) is 0 Å². The van der Waals surface area contributed by atoms with Crippen molar-refractivity contribution in [1.82, 2.24) is 0 Å². The zero-order valence-electron chi connectivity index (χ0n) is 16.9. The highest BCUT2D eigenvalue weighted by atomic mass is 16.7. The number of ether oxygens (including phenoxy) is 4. The fourth-order valence-electron chi connectivity index (χ4n) is 3.51. The molecule has 0 saturated carbocycles. The van der Waals surface area contributed by atoms with Gasteiger partial charge in [-0.25, -0.2) is 0 Å². The molecule has 32 heavy (non-hydrogen) atoms. The Morgan fingerprint density at radius 1 is 0.812 bits per heavy atom. The zero-order valence-corrected chi connectivity index (χ0v) is 16.9. The number of hydrogen-bond donors (Lipinski definition) is 7. The molecule has 0 aromatic heterocycles. The van der Waals surface area contributed by atoms with E-state index in [2.05, 4.69) is 0 Å². The summed E-state index contributed by atoms with van der Waals surface area (Å²) < 4.78 is 21.6. The van der Waals surface area contributed by atoms with Crippen LogP contribution in [0.3, 0.4) is 0 Å². The number of benzene rings is 1. The normalized spacial score (nSPS) is 41.1. The number of aliphatic hydroxyl groups excluding tert-OH is 7. The number of hydrogen-bond acceptors (Lipinski definition) is 12. The van der Waals surface area contributed by atoms with E-state index in [1.165, 1.54) is 0 Å². The average Bonchev–Trinajstić information content (AvgIpc) is 2.81. The molecule has 0 aliphatic carbocycles. The maximum Gasteiger partial charge on any atom is 0.188 e. The minimum absolute atomic E-state index is 0.487. The van der Waals surface area contributed by atoms with Crippen molar-refractivity contribution in [3.63, 3.8) is 0 Å². The molecule has 2 fully saturated rings. The number of nitriles is 1. The lowest BCUT2D eigenvalue weighted by Crippen LogP contribution is -2.61. The van der Waals surface area contributed by atoms with Crippen molar-refractivity contribution in [1.29, 1.82) is 5.26 Å². The fraction of sp³-hybridized carbons (Fsp3) is 0.650. The topological polar surface area (TPSA) is 202 Å². The van der Waals surface area contributed by atoms with Gasteiger partial charge < -0.3 is 54.7 Å². The summed E-state index contributed by atoms with van der Waals surface area (Å²) in [4.78, 5) is 0. The van der Waals surface area contributed by atoms with Crippen LogP contribution < -0.4 is 0 Å². The first-order valence-corrected chi connectivity index (χ1v) is 10.00. The average molecular weight is 457 g/mol. The second-order valence-corrected chi connectivity index (χ2v) is 7.60. The van der Waals surface area contributed by atoms with Crippen molar-refractivity contribution in [3.05, 3.63) is 35.9 Å². The predicted molar refractivity (Wildman–Crippen MR) is 102 cm³/mol. The highest BCUT2D eigenvalue weighted by Crippen LogP contribution is 2.28. The van der Waals surface area contributed by atoms with Gasteiger partial charge >= 0.3 is 0 Å². The van der Waals surface area contributed by atoms with Gasteiger partial charge in [0.1, 0.15) is 48.8 Å². The van der Waals surface area contributed by atoms with E-state index in [0.717, 1.165) is 0 Å². The molecule has 2 saturated heterocycles. The lowest BCUT2D eigenvalue weighted by atomic mass is 9.98. The Balaban J connectivity index is 1.65. The number of aliphatic hydroxyl groups is 7. The SMILES string of the molecule is N#CC(O[C@@H]1OC(CO[C@@H]2OC(CO)[C@@H](O)C(O)C2O)[C@@H](O)C(O)C1O)c1ccccc1. The van der Waals surface area contributed by atoms with Crippen LogP contribution in [-0.4, -0.2) is 110 Å². The van der Waals surface area contributed by atoms with Crippen LogP contribution in [0.25, 0.3) is 0 Å². The zero-order chi connectivity index (χ0) is 23.4. The first-order valence-electron chi connectivity index (χ1n) is 10.00. The van der Waals surface area contributed by atoms with E-state index in [4.69, 9.17) is 18.9 Å². The third-order valence-corrected chi connectivity index (χ3v) is 5.43. The largest absolute Gasteiger partial charge is 0.394 e. The first kappa shape index (κ1) is 24.9. The molecule has 2 aliphatic rings. The first-order chi connectivity index (χ1) is 15.3. The summed E-state index contributed by atoms with van der Waals surface area (Å²) in [5, 5.41) is 79.1. The lowest BCUT2D eigenvalue weighted by Gasteiger charge is -2.43. The molecule has 0 bridgehead atoms. The molecule has 12 nitrogen and oxygen atoms in total. The van der Waals surface area contributed by atoms with E-state index in [0.29, 0.717) is 5.56 Å². The van der Waals surface area contributed by atoms with Gasteiger partial charge in [-0.05, 0) is 5.56 Å². The highest BCUT2D eigenvalue weighted by molar-refractivity contribution is 5.22. The smallest absolute Gasteiger partial charge is 0.188 e. The minimum Gasteiger partial charge on any atom is -0.394 e. The molecular weight excluding hydrogens is 430 g/mol. The summed E-state index contributed by atoms with van der Waals surface area (Å²) >= 11 is 0. The van der Waals surface area contributed by atoms with E-state index < -0.39 is 80.7 Å². The second-order valence-electron chi connectivity index (χ2n) is 7.60. The van der Waals surface area contributed by atoms with E-state index in [1.54, 1.807) is 30.3 Å². The third-order valence-electron chi connectivity index (χ3n) is 5.43. The van der Waals surface area contributed by atoms with Gasteiger partial charge in [-0.2, -0.15) is 5.26 Å². The van der Waals surface area contributed by atoms with Crippen LogP contribution in [0.15, 0.2) is 30.3 Å². The van der Waals surface area contributed by atoms with Crippen LogP contribution in [0, 0.1) is 11.3 Å². The molecule has 0 radical (unpaired) electrons. The molecule has 12 heteroatoms. The van der Waals surface area contributed by atoms with Crippen LogP contribution in [0.1, 0.15) is 11.7 Å². The summed E-state index contributed by atoms with van der Waals surface area (Å²) in [5.41, 5.74) is 0.487. The molecular formula is C20H27NO11. The Morgan fingerprint density at radius 2 is 1.38 bits per heavy atom. The van der Waals surface area contributed by atoms with E-state index in [-0.39, 0.29) is 0 Å². The van der Waals surface area contributed by atoms with Crippen molar-refractivity contribution < 1.29 is 54.7 Å². The molecule has 1 aromatic carbocycles. The van der Waals surface area contributed by atoms with Gasteiger partial charge in [-0.3, -0.25) is 0 Å². The molecule has 0 spiro atoms. The Hall–Kier alpha value is -1.73. The molecule has 7 unspecified atom stereocenters. The van der Waals surface area contributed by atoms with Gasteiger partial charge in [0.2, 0.25) is 0 Å². The Kier molecular flexibility index (Phi) is 8.50. The molecule has 1 aromatic rings. The van der Waals surface area contributed by atoms with Crippen LogP contribution in [-0.2, 0) is 18.9 Å². The van der Waals surface area contributed by atoms with Gasteiger partial charge in [-0.15, -0.1) is 0 Å². The van der Waals surface area contributed by atoms with Crippen LogP contribution in [0.2, 0.25) is 0 Å². The standard InChI is InChI=1S/C20H27NO11/c21-6-10(9-4-2-1-3-5-9)30-20-18(28)16(26)14(24)12(32-20)8-29-19-17(27)15(25)13(23)11(7-22)31-19/h1-5,10-20,22-28H,7-8H2/t10?,11?,12?,13-,14-,15?,16?,17?,18?,19-,20-/m1/s1. The van der Waals surface area contributed by atoms with E-state index in [9.17, 15) is 41.0 Å². The Bertz CT molecular complexity index is 760. The van der Waals surface area contributed by atoms with Crippen molar-refractivity contribution in [2.45, 2.75) is 67.5 Å². The van der Waals surface area contributed by atoms with Crippen LogP contribution in [0.4, 0.5) is 0 Å². The molecule has 7 N–H and O–H groups in total. The maximum absolute atomic E-state index is 10.3. The van der Waals surface area contributed by atoms with E-state index in [1.807, 2.05) is 6.07 Å². The second kappa shape index (κ2) is 10.9. The van der Waals surface area contributed by atoms with Crippen LogP contribution in [0.5, 0.6) is 0 Å². The minimum atomic E-state index is -1.70. The van der Waals surface area contributed by atoms with Gasteiger partial charge in [-0.1, -0.05) is 30.3 Å².